The standard InChI is InChI=1S/C16H24F2N2/c1-2-8-20-9-4-3-5-12(11-19)16(20)14-10-13(17)6-7-15(14)18/h6-7,10,12,16H,2-5,8-9,11,19H2,1H3. The predicted octanol–water partition coefficient (Wildman–Crippen LogP) is 3.48. The second-order valence-corrected chi connectivity index (χ2v) is 5.64. The molecule has 1 heterocycles. The van der Waals surface area contributed by atoms with E-state index >= 15 is 0 Å². The molecule has 1 saturated heterocycles. The van der Waals surface area contributed by atoms with Crippen LogP contribution >= 0.6 is 0 Å². The highest BCUT2D eigenvalue weighted by molar-refractivity contribution is 5.23. The van der Waals surface area contributed by atoms with Gasteiger partial charge in [-0.3, -0.25) is 4.90 Å². The fourth-order valence-corrected chi connectivity index (χ4v) is 3.29. The molecule has 1 aliphatic heterocycles. The summed E-state index contributed by atoms with van der Waals surface area (Å²) < 4.78 is 27.7. The van der Waals surface area contributed by atoms with Crippen molar-refractivity contribution in [2.75, 3.05) is 19.6 Å². The Morgan fingerprint density at radius 1 is 1.30 bits per heavy atom. The zero-order chi connectivity index (χ0) is 14.5. The van der Waals surface area contributed by atoms with Crippen LogP contribution in [0, 0.1) is 17.6 Å². The number of benzene rings is 1. The van der Waals surface area contributed by atoms with E-state index in [1.165, 1.54) is 18.2 Å². The Bertz CT molecular complexity index is 436. The van der Waals surface area contributed by atoms with Crippen LogP contribution in [0.5, 0.6) is 0 Å². The summed E-state index contributed by atoms with van der Waals surface area (Å²) in [5, 5.41) is 0. The van der Waals surface area contributed by atoms with Crippen LogP contribution in [-0.2, 0) is 0 Å². The molecule has 4 heteroatoms. The van der Waals surface area contributed by atoms with Crippen LogP contribution in [0.15, 0.2) is 18.2 Å². The van der Waals surface area contributed by atoms with Crippen molar-refractivity contribution in [1.29, 1.82) is 0 Å². The number of rotatable bonds is 4. The Morgan fingerprint density at radius 3 is 2.80 bits per heavy atom. The molecule has 0 amide bonds. The minimum absolute atomic E-state index is 0.0989. The van der Waals surface area contributed by atoms with Gasteiger partial charge in [0.2, 0.25) is 0 Å². The summed E-state index contributed by atoms with van der Waals surface area (Å²) in [6.07, 6.45) is 4.20. The number of halogens is 2. The average Bonchev–Trinajstić information content (AvgIpc) is 2.64. The van der Waals surface area contributed by atoms with Gasteiger partial charge >= 0.3 is 0 Å². The molecule has 0 saturated carbocycles. The smallest absolute Gasteiger partial charge is 0.128 e. The normalized spacial score (nSPS) is 24.6. The fraction of sp³-hybridized carbons (Fsp3) is 0.625. The Balaban J connectivity index is 2.40. The highest BCUT2D eigenvalue weighted by Gasteiger charge is 2.31. The number of hydrogen-bond donors (Lipinski definition) is 1. The zero-order valence-corrected chi connectivity index (χ0v) is 12.1. The van der Waals surface area contributed by atoms with E-state index in [1.54, 1.807) is 0 Å². The first-order chi connectivity index (χ1) is 9.67. The lowest BCUT2D eigenvalue weighted by atomic mass is 9.88. The van der Waals surface area contributed by atoms with Crippen molar-refractivity contribution in [3.05, 3.63) is 35.4 Å². The van der Waals surface area contributed by atoms with Gasteiger partial charge in [-0.05, 0) is 63.0 Å². The number of hydrogen-bond acceptors (Lipinski definition) is 2. The maximum atomic E-state index is 14.2. The molecule has 1 aromatic carbocycles. The van der Waals surface area contributed by atoms with E-state index in [0.717, 1.165) is 38.8 Å². The minimum Gasteiger partial charge on any atom is -0.330 e. The quantitative estimate of drug-likeness (QED) is 0.916. The summed E-state index contributed by atoms with van der Waals surface area (Å²) >= 11 is 0. The van der Waals surface area contributed by atoms with Gasteiger partial charge < -0.3 is 5.73 Å². The van der Waals surface area contributed by atoms with Crippen molar-refractivity contribution < 1.29 is 8.78 Å². The van der Waals surface area contributed by atoms with Crippen LogP contribution in [0.4, 0.5) is 8.78 Å². The molecule has 2 unspecified atom stereocenters. The summed E-state index contributed by atoms with van der Waals surface area (Å²) in [7, 11) is 0. The van der Waals surface area contributed by atoms with Gasteiger partial charge in [0.15, 0.2) is 0 Å². The van der Waals surface area contributed by atoms with Crippen molar-refractivity contribution in [3.8, 4) is 0 Å². The molecule has 0 spiro atoms. The van der Waals surface area contributed by atoms with Crippen molar-refractivity contribution in [3.63, 3.8) is 0 Å². The highest BCUT2D eigenvalue weighted by atomic mass is 19.1. The van der Waals surface area contributed by atoms with Crippen molar-refractivity contribution in [1.82, 2.24) is 4.90 Å². The van der Waals surface area contributed by atoms with E-state index in [4.69, 9.17) is 5.73 Å². The average molecular weight is 282 g/mol. The van der Waals surface area contributed by atoms with Crippen molar-refractivity contribution in [2.45, 2.75) is 38.6 Å². The molecule has 112 valence electrons. The zero-order valence-electron chi connectivity index (χ0n) is 12.1. The van der Waals surface area contributed by atoms with Gasteiger partial charge in [-0.1, -0.05) is 13.3 Å². The molecule has 0 bridgehead atoms. The van der Waals surface area contributed by atoms with Gasteiger partial charge in [-0.2, -0.15) is 0 Å². The maximum Gasteiger partial charge on any atom is 0.128 e. The molecule has 2 rings (SSSR count). The van der Waals surface area contributed by atoms with Crippen LogP contribution < -0.4 is 5.73 Å². The molecule has 0 aromatic heterocycles. The summed E-state index contributed by atoms with van der Waals surface area (Å²) in [4.78, 5) is 2.28. The van der Waals surface area contributed by atoms with Gasteiger partial charge in [-0.25, -0.2) is 8.78 Å². The first kappa shape index (κ1) is 15.4. The SMILES string of the molecule is CCCN1CCCCC(CN)C1c1cc(F)ccc1F. The molecule has 2 N–H and O–H groups in total. The first-order valence-electron chi connectivity index (χ1n) is 7.56. The van der Waals surface area contributed by atoms with Gasteiger partial charge in [-0.15, -0.1) is 0 Å². The summed E-state index contributed by atoms with van der Waals surface area (Å²) in [5.41, 5.74) is 6.37. The molecule has 2 nitrogen and oxygen atoms in total. The number of nitrogens with zero attached hydrogens (tertiary/aromatic N) is 1. The van der Waals surface area contributed by atoms with Gasteiger partial charge in [0.05, 0.1) is 0 Å². The van der Waals surface area contributed by atoms with E-state index in [1.807, 2.05) is 0 Å². The lowest BCUT2D eigenvalue weighted by Gasteiger charge is -2.35. The lowest BCUT2D eigenvalue weighted by Crippen LogP contribution is -2.36. The number of nitrogens with two attached hydrogens (primary N) is 1. The summed E-state index contributed by atoms with van der Waals surface area (Å²) in [5.74, 6) is -0.504. The second kappa shape index (κ2) is 7.14. The molecular weight excluding hydrogens is 258 g/mol. The van der Waals surface area contributed by atoms with E-state index in [9.17, 15) is 8.78 Å². The highest BCUT2D eigenvalue weighted by Crippen LogP contribution is 2.36. The third-order valence-electron chi connectivity index (χ3n) is 4.20. The lowest BCUT2D eigenvalue weighted by molar-refractivity contribution is 0.154. The van der Waals surface area contributed by atoms with Gasteiger partial charge in [0.1, 0.15) is 11.6 Å². The topological polar surface area (TPSA) is 29.3 Å². The summed E-state index contributed by atoms with van der Waals surface area (Å²) in [6.45, 7) is 4.46. The molecular formula is C16H24F2N2. The predicted molar refractivity (Wildman–Crippen MR) is 77.4 cm³/mol. The van der Waals surface area contributed by atoms with Crippen molar-refractivity contribution in [2.24, 2.45) is 11.7 Å². The molecule has 2 atom stereocenters. The van der Waals surface area contributed by atoms with Crippen LogP contribution in [0.3, 0.4) is 0 Å². The van der Waals surface area contributed by atoms with Gasteiger partial charge in [0.25, 0.3) is 0 Å². The number of likely N-dealkylation sites (tertiary alicyclic amines) is 1. The Hall–Kier alpha value is -1.00. The van der Waals surface area contributed by atoms with Crippen LogP contribution in [0.25, 0.3) is 0 Å². The Morgan fingerprint density at radius 2 is 2.10 bits per heavy atom. The third kappa shape index (κ3) is 3.36. The second-order valence-electron chi connectivity index (χ2n) is 5.64. The maximum absolute atomic E-state index is 14.2. The van der Waals surface area contributed by atoms with Crippen molar-refractivity contribution >= 4 is 0 Å². The van der Waals surface area contributed by atoms with E-state index in [-0.39, 0.29) is 23.6 Å². The molecule has 1 aromatic rings. The molecule has 0 aliphatic carbocycles. The van der Waals surface area contributed by atoms with Crippen LogP contribution in [0.1, 0.15) is 44.2 Å². The third-order valence-corrected chi connectivity index (χ3v) is 4.20. The Kier molecular flexibility index (Phi) is 5.49. The van der Waals surface area contributed by atoms with Crippen LogP contribution in [0.2, 0.25) is 0 Å². The molecule has 1 aliphatic rings. The van der Waals surface area contributed by atoms with Crippen LogP contribution in [-0.4, -0.2) is 24.5 Å². The molecule has 1 fully saturated rings. The molecule has 0 radical (unpaired) electrons. The van der Waals surface area contributed by atoms with Gasteiger partial charge in [0, 0.05) is 11.6 Å². The minimum atomic E-state index is -0.377. The van der Waals surface area contributed by atoms with E-state index in [2.05, 4.69) is 11.8 Å². The Labute approximate surface area is 120 Å². The van der Waals surface area contributed by atoms with E-state index < -0.39 is 0 Å². The molecule has 20 heavy (non-hydrogen) atoms. The fourth-order valence-electron chi connectivity index (χ4n) is 3.29. The monoisotopic (exact) mass is 282 g/mol. The summed E-state index contributed by atoms with van der Waals surface area (Å²) in [6, 6.07) is 3.65. The largest absolute Gasteiger partial charge is 0.330 e. The van der Waals surface area contributed by atoms with E-state index in [0.29, 0.717) is 12.1 Å². The first-order valence-corrected chi connectivity index (χ1v) is 7.56.